The highest BCUT2D eigenvalue weighted by molar-refractivity contribution is 6.18. The van der Waals surface area contributed by atoms with Crippen molar-refractivity contribution in [3.63, 3.8) is 0 Å². The molecule has 0 saturated carbocycles. The molecule has 5 heteroatoms. The number of nitrogens with zero attached hydrogens (tertiary/aromatic N) is 1. The van der Waals surface area contributed by atoms with Gasteiger partial charge in [0.05, 0.1) is 17.7 Å². The van der Waals surface area contributed by atoms with Crippen molar-refractivity contribution < 1.29 is 14.6 Å². The van der Waals surface area contributed by atoms with Gasteiger partial charge in [0, 0.05) is 6.20 Å². The van der Waals surface area contributed by atoms with Crippen molar-refractivity contribution in [1.29, 1.82) is 0 Å². The molecular formula is C8H9ClFNO2. The van der Waals surface area contributed by atoms with E-state index in [1.807, 2.05) is 0 Å². The topological polar surface area (TPSA) is 53.4 Å². The Labute approximate surface area is 79.8 Å². The number of alkyl halides is 1. The molecule has 0 aromatic carbocycles. The molecule has 0 aliphatic rings. The van der Waals surface area contributed by atoms with Crippen LogP contribution in [0, 0.1) is 5.82 Å². The van der Waals surface area contributed by atoms with E-state index in [0.29, 0.717) is 0 Å². The number of pyridine rings is 1. The summed E-state index contributed by atoms with van der Waals surface area (Å²) < 4.78 is 12.6. The Morgan fingerprint density at radius 3 is 2.77 bits per heavy atom. The average Bonchev–Trinajstić information content (AvgIpc) is 2.15. The van der Waals surface area contributed by atoms with Crippen LogP contribution in [0.3, 0.4) is 0 Å². The van der Waals surface area contributed by atoms with Gasteiger partial charge in [-0.05, 0) is 12.1 Å². The molecule has 0 radical (unpaired) electrons. The SMILES string of the molecule is OC(CCl)C(O)c1cc(F)ccn1. The van der Waals surface area contributed by atoms with Crippen molar-refractivity contribution in [2.24, 2.45) is 0 Å². The molecule has 2 unspecified atom stereocenters. The standard InChI is InChI=1S/C8H9ClFNO2/c9-4-7(12)8(13)6-3-5(10)1-2-11-6/h1-3,7-8,12-13H,4H2. The quantitative estimate of drug-likeness (QED) is 0.720. The molecule has 3 nitrogen and oxygen atoms in total. The lowest BCUT2D eigenvalue weighted by Gasteiger charge is -2.14. The van der Waals surface area contributed by atoms with Crippen LogP contribution < -0.4 is 0 Å². The number of aliphatic hydroxyl groups is 2. The Balaban J connectivity index is 2.82. The van der Waals surface area contributed by atoms with Crippen LogP contribution >= 0.6 is 11.6 Å². The van der Waals surface area contributed by atoms with Gasteiger partial charge >= 0.3 is 0 Å². The summed E-state index contributed by atoms with van der Waals surface area (Å²) in [6.45, 7) is 0. The van der Waals surface area contributed by atoms with Crippen LogP contribution in [-0.2, 0) is 0 Å². The number of halogens is 2. The molecule has 1 rings (SSSR count). The van der Waals surface area contributed by atoms with E-state index in [1.54, 1.807) is 0 Å². The summed E-state index contributed by atoms with van der Waals surface area (Å²) in [5.41, 5.74) is 0.0770. The minimum Gasteiger partial charge on any atom is -0.389 e. The van der Waals surface area contributed by atoms with Gasteiger partial charge in [0.2, 0.25) is 0 Å². The number of aliphatic hydroxyl groups excluding tert-OH is 2. The molecule has 0 aliphatic heterocycles. The lowest BCUT2D eigenvalue weighted by molar-refractivity contribution is 0.0298. The molecule has 2 atom stereocenters. The van der Waals surface area contributed by atoms with Gasteiger partial charge < -0.3 is 10.2 Å². The van der Waals surface area contributed by atoms with E-state index < -0.39 is 18.0 Å². The molecule has 1 aromatic heterocycles. The van der Waals surface area contributed by atoms with Crippen LogP contribution in [0.4, 0.5) is 4.39 Å². The second-order valence-electron chi connectivity index (χ2n) is 2.57. The first-order chi connectivity index (χ1) is 6.15. The molecule has 72 valence electrons. The number of rotatable bonds is 3. The van der Waals surface area contributed by atoms with E-state index in [9.17, 15) is 9.50 Å². The summed E-state index contributed by atoms with van der Waals surface area (Å²) in [6, 6.07) is 2.21. The van der Waals surface area contributed by atoms with Gasteiger partial charge in [-0.1, -0.05) is 0 Å². The summed E-state index contributed by atoms with van der Waals surface area (Å²) >= 11 is 5.31. The second kappa shape index (κ2) is 4.50. The maximum absolute atomic E-state index is 12.6. The molecule has 0 amide bonds. The highest BCUT2D eigenvalue weighted by Gasteiger charge is 2.18. The van der Waals surface area contributed by atoms with Crippen molar-refractivity contribution in [3.8, 4) is 0 Å². The molecule has 0 spiro atoms. The third-order valence-corrected chi connectivity index (χ3v) is 1.88. The highest BCUT2D eigenvalue weighted by atomic mass is 35.5. The summed E-state index contributed by atoms with van der Waals surface area (Å²) in [5.74, 6) is -0.634. The van der Waals surface area contributed by atoms with Crippen LogP contribution in [0.5, 0.6) is 0 Å². The van der Waals surface area contributed by atoms with Gasteiger partial charge in [0.25, 0.3) is 0 Å². The number of aromatic nitrogens is 1. The van der Waals surface area contributed by atoms with E-state index in [-0.39, 0.29) is 11.6 Å². The van der Waals surface area contributed by atoms with Crippen LogP contribution in [0.25, 0.3) is 0 Å². The first kappa shape index (κ1) is 10.4. The van der Waals surface area contributed by atoms with Crippen molar-refractivity contribution in [2.75, 3.05) is 5.88 Å². The first-order valence-corrected chi connectivity index (χ1v) is 4.22. The monoisotopic (exact) mass is 205 g/mol. The van der Waals surface area contributed by atoms with Gasteiger partial charge in [-0.3, -0.25) is 4.98 Å². The maximum atomic E-state index is 12.6. The molecule has 0 saturated heterocycles. The Morgan fingerprint density at radius 2 is 2.23 bits per heavy atom. The molecule has 2 N–H and O–H groups in total. The van der Waals surface area contributed by atoms with Gasteiger partial charge in [-0.25, -0.2) is 4.39 Å². The van der Waals surface area contributed by atoms with Crippen LogP contribution in [0.1, 0.15) is 11.8 Å². The number of hydrogen-bond donors (Lipinski definition) is 2. The smallest absolute Gasteiger partial charge is 0.126 e. The van der Waals surface area contributed by atoms with E-state index in [0.717, 1.165) is 12.1 Å². The summed E-state index contributed by atoms with van der Waals surface area (Å²) in [6.07, 6.45) is -1.15. The zero-order chi connectivity index (χ0) is 9.84. The van der Waals surface area contributed by atoms with Crippen molar-refractivity contribution in [1.82, 2.24) is 4.98 Å². The van der Waals surface area contributed by atoms with E-state index in [1.165, 1.54) is 6.20 Å². The lowest BCUT2D eigenvalue weighted by Crippen LogP contribution is -2.20. The van der Waals surface area contributed by atoms with Crippen molar-refractivity contribution >= 4 is 11.6 Å². The molecule has 13 heavy (non-hydrogen) atoms. The van der Waals surface area contributed by atoms with E-state index in [2.05, 4.69) is 4.98 Å². The van der Waals surface area contributed by atoms with Crippen LogP contribution in [0.2, 0.25) is 0 Å². The molecule has 1 heterocycles. The Hall–Kier alpha value is -0.710. The van der Waals surface area contributed by atoms with Crippen LogP contribution in [-0.4, -0.2) is 27.2 Å². The zero-order valence-corrected chi connectivity index (χ0v) is 7.45. The number of hydrogen-bond acceptors (Lipinski definition) is 3. The van der Waals surface area contributed by atoms with Gasteiger partial charge in [-0.15, -0.1) is 11.6 Å². The summed E-state index contributed by atoms with van der Waals surface area (Å²) in [4.78, 5) is 3.70. The Morgan fingerprint density at radius 1 is 1.54 bits per heavy atom. The molecule has 0 fully saturated rings. The fraction of sp³-hybridized carbons (Fsp3) is 0.375. The van der Waals surface area contributed by atoms with E-state index >= 15 is 0 Å². The fourth-order valence-corrected chi connectivity index (χ4v) is 1.03. The summed E-state index contributed by atoms with van der Waals surface area (Å²) in [5, 5.41) is 18.5. The predicted octanol–water partition coefficient (Wildman–Crippen LogP) is 0.854. The minimum absolute atomic E-state index is 0.0770. The minimum atomic E-state index is -1.24. The first-order valence-electron chi connectivity index (χ1n) is 3.68. The molecular weight excluding hydrogens is 197 g/mol. The molecule has 0 aliphatic carbocycles. The fourth-order valence-electron chi connectivity index (χ4n) is 0.864. The largest absolute Gasteiger partial charge is 0.389 e. The van der Waals surface area contributed by atoms with Crippen molar-refractivity contribution in [3.05, 3.63) is 29.8 Å². The van der Waals surface area contributed by atoms with Crippen molar-refractivity contribution in [2.45, 2.75) is 12.2 Å². The van der Waals surface area contributed by atoms with Crippen LogP contribution in [0.15, 0.2) is 18.3 Å². The van der Waals surface area contributed by atoms with Gasteiger partial charge in [0.15, 0.2) is 0 Å². The second-order valence-corrected chi connectivity index (χ2v) is 2.87. The maximum Gasteiger partial charge on any atom is 0.126 e. The predicted molar refractivity (Wildman–Crippen MR) is 45.9 cm³/mol. The van der Waals surface area contributed by atoms with Gasteiger partial charge in [-0.2, -0.15) is 0 Å². The lowest BCUT2D eigenvalue weighted by atomic mass is 10.1. The zero-order valence-electron chi connectivity index (χ0n) is 6.69. The third-order valence-electron chi connectivity index (χ3n) is 1.57. The molecule has 1 aromatic rings. The average molecular weight is 206 g/mol. The Bertz CT molecular complexity index is 285. The Kier molecular flexibility index (Phi) is 3.59. The van der Waals surface area contributed by atoms with Gasteiger partial charge in [0.1, 0.15) is 11.9 Å². The summed E-state index contributed by atoms with van der Waals surface area (Å²) in [7, 11) is 0. The third kappa shape index (κ3) is 2.62. The highest BCUT2D eigenvalue weighted by Crippen LogP contribution is 2.15. The molecule has 0 bridgehead atoms. The van der Waals surface area contributed by atoms with E-state index in [4.69, 9.17) is 16.7 Å². The normalized spacial score (nSPS) is 15.4.